The summed E-state index contributed by atoms with van der Waals surface area (Å²) in [5.74, 6) is -0.806. The monoisotopic (exact) mass is 244 g/mol. The molecule has 1 aliphatic rings. The number of rotatable bonds is 1. The highest BCUT2D eigenvalue weighted by Crippen LogP contribution is 2.29. The molecule has 90 valence electrons. The largest absolute Gasteiger partial charge is 0.294 e. The van der Waals surface area contributed by atoms with E-state index in [0.717, 1.165) is 17.7 Å². The number of ketones is 1. The first-order chi connectivity index (χ1) is 8.65. The van der Waals surface area contributed by atoms with Crippen molar-refractivity contribution in [2.24, 2.45) is 0 Å². The van der Waals surface area contributed by atoms with Crippen LogP contribution < -0.4 is 0 Å². The zero-order chi connectivity index (χ0) is 12.7. The lowest BCUT2D eigenvalue weighted by Crippen LogP contribution is -1.92. The molecule has 1 aliphatic carbocycles. The van der Waals surface area contributed by atoms with Gasteiger partial charge in [0.05, 0.1) is 0 Å². The van der Waals surface area contributed by atoms with Gasteiger partial charge in [0, 0.05) is 17.5 Å². The summed E-state index contributed by atoms with van der Waals surface area (Å²) in [5, 5.41) is 0. The summed E-state index contributed by atoms with van der Waals surface area (Å²) in [5.41, 5.74) is 2.47. The Bertz CT molecular complexity index is 647. The van der Waals surface area contributed by atoms with Crippen molar-refractivity contribution in [2.45, 2.75) is 12.8 Å². The maximum absolute atomic E-state index is 13.7. The molecular weight excluding hydrogens is 234 g/mol. The molecule has 3 rings (SSSR count). The van der Waals surface area contributed by atoms with E-state index in [4.69, 9.17) is 0 Å². The predicted octanol–water partition coefficient (Wildman–Crippen LogP) is 3.76. The van der Waals surface area contributed by atoms with E-state index in [1.165, 1.54) is 6.07 Å². The van der Waals surface area contributed by atoms with Gasteiger partial charge in [0.1, 0.15) is 11.6 Å². The van der Waals surface area contributed by atoms with Crippen LogP contribution in [0, 0.1) is 11.6 Å². The number of aryl methyl sites for hydroxylation is 1. The molecule has 0 spiro atoms. The van der Waals surface area contributed by atoms with Crippen LogP contribution in [0.25, 0.3) is 11.1 Å². The van der Waals surface area contributed by atoms with E-state index >= 15 is 0 Å². The van der Waals surface area contributed by atoms with Crippen LogP contribution in [0.3, 0.4) is 0 Å². The van der Waals surface area contributed by atoms with Crippen LogP contribution in [0.2, 0.25) is 0 Å². The third-order valence-electron chi connectivity index (χ3n) is 3.27. The third-order valence-corrected chi connectivity index (χ3v) is 3.27. The van der Waals surface area contributed by atoms with Gasteiger partial charge in [-0.25, -0.2) is 8.78 Å². The van der Waals surface area contributed by atoms with Gasteiger partial charge in [0.15, 0.2) is 5.78 Å². The predicted molar refractivity (Wildman–Crippen MR) is 64.4 cm³/mol. The zero-order valence-electron chi connectivity index (χ0n) is 9.54. The SMILES string of the molecule is O=C1CCc2cc(-c3cc(F)ccc3F)ccc21. The molecule has 0 unspecified atom stereocenters. The average Bonchev–Trinajstić information content (AvgIpc) is 2.74. The summed E-state index contributed by atoms with van der Waals surface area (Å²) in [7, 11) is 0. The van der Waals surface area contributed by atoms with E-state index in [2.05, 4.69) is 0 Å². The standard InChI is InChI=1S/C15H10F2O/c16-11-3-5-14(17)13(8-11)10-1-4-12-9(7-10)2-6-15(12)18/h1,3-5,7-8H,2,6H2. The van der Waals surface area contributed by atoms with Gasteiger partial charge in [-0.1, -0.05) is 18.2 Å². The Hall–Kier alpha value is -2.03. The highest BCUT2D eigenvalue weighted by atomic mass is 19.1. The molecule has 0 saturated carbocycles. The maximum atomic E-state index is 13.7. The van der Waals surface area contributed by atoms with Gasteiger partial charge in [-0.15, -0.1) is 0 Å². The van der Waals surface area contributed by atoms with Crippen molar-refractivity contribution in [2.75, 3.05) is 0 Å². The van der Waals surface area contributed by atoms with Gasteiger partial charge < -0.3 is 0 Å². The summed E-state index contributed by atoms with van der Waals surface area (Å²) in [6, 6.07) is 8.52. The third kappa shape index (κ3) is 1.72. The van der Waals surface area contributed by atoms with Crippen molar-refractivity contribution in [3.8, 4) is 11.1 Å². The summed E-state index contributed by atoms with van der Waals surface area (Å²) in [6.45, 7) is 0. The first-order valence-electron chi connectivity index (χ1n) is 5.77. The van der Waals surface area contributed by atoms with Gasteiger partial charge in [-0.2, -0.15) is 0 Å². The molecule has 0 radical (unpaired) electrons. The molecule has 0 aromatic heterocycles. The topological polar surface area (TPSA) is 17.1 Å². The Balaban J connectivity index is 2.13. The number of benzene rings is 2. The summed E-state index contributed by atoms with van der Waals surface area (Å²) < 4.78 is 26.8. The minimum Gasteiger partial charge on any atom is -0.294 e. The Morgan fingerprint density at radius 2 is 1.72 bits per heavy atom. The van der Waals surface area contributed by atoms with Crippen LogP contribution in [0.5, 0.6) is 0 Å². The number of carbonyl (C=O) groups excluding carboxylic acids is 1. The second kappa shape index (κ2) is 4.02. The number of fused-ring (bicyclic) bond motifs is 1. The highest BCUT2D eigenvalue weighted by molar-refractivity contribution is 6.00. The van der Waals surface area contributed by atoms with E-state index < -0.39 is 11.6 Å². The van der Waals surface area contributed by atoms with Gasteiger partial charge >= 0.3 is 0 Å². The molecule has 2 aromatic rings. The smallest absolute Gasteiger partial charge is 0.163 e. The summed E-state index contributed by atoms with van der Waals surface area (Å²) in [4.78, 5) is 11.5. The average molecular weight is 244 g/mol. The van der Waals surface area contributed by atoms with Crippen molar-refractivity contribution in [1.29, 1.82) is 0 Å². The molecule has 18 heavy (non-hydrogen) atoms. The fourth-order valence-corrected chi connectivity index (χ4v) is 2.34. The second-order valence-corrected chi connectivity index (χ2v) is 4.42. The van der Waals surface area contributed by atoms with Crippen LogP contribution in [0.1, 0.15) is 22.3 Å². The Labute approximate surface area is 103 Å². The van der Waals surface area contributed by atoms with E-state index in [9.17, 15) is 13.6 Å². The molecule has 0 bridgehead atoms. The maximum Gasteiger partial charge on any atom is 0.163 e. The molecule has 0 aliphatic heterocycles. The molecule has 0 N–H and O–H groups in total. The summed E-state index contributed by atoms with van der Waals surface area (Å²) in [6.07, 6.45) is 1.18. The number of hydrogen-bond donors (Lipinski definition) is 0. The molecular formula is C15H10F2O. The number of hydrogen-bond acceptors (Lipinski definition) is 1. The molecule has 2 aromatic carbocycles. The molecule has 0 heterocycles. The fraction of sp³-hybridized carbons (Fsp3) is 0.133. The molecule has 0 saturated heterocycles. The quantitative estimate of drug-likeness (QED) is 0.746. The number of halogens is 2. The highest BCUT2D eigenvalue weighted by Gasteiger charge is 2.20. The van der Waals surface area contributed by atoms with Gasteiger partial charge in [0.2, 0.25) is 0 Å². The van der Waals surface area contributed by atoms with Crippen LogP contribution in [0.4, 0.5) is 8.78 Å². The minimum atomic E-state index is -0.469. The normalized spacial score (nSPS) is 13.8. The fourth-order valence-electron chi connectivity index (χ4n) is 2.34. The van der Waals surface area contributed by atoms with Crippen molar-refractivity contribution in [1.82, 2.24) is 0 Å². The molecule has 0 amide bonds. The molecule has 3 heteroatoms. The molecule has 0 fully saturated rings. The first kappa shape index (κ1) is 11.1. The van der Waals surface area contributed by atoms with Gasteiger partial charge in [0.25, 0.3) is 0 Å². The number of carbonyl (C=O) groups is 1. The molecule has 0 atom stereocenters. The van der Waals surface area contributed by atoms with Gasteiger partial charge in [-0.05, 0) is 35.7 Å². The first-order valence-corrected chi connectivity index (χ1v) is 5.77. The Morgan fingerprint density at radius 1 is 0.889 bits per heavy atom. The van der Waals surface area contributed by atoms with E-state index in [-0.39, 0.29) is 11.3 Å². The second-order valence-electron chi connectivity index (χ2n) is 4.42. The summed E-state index contributed by atoms with van der Waals surface area (Å²) >= 11 is 0. The lowest BCUT2D eigenvalue weighted by molar-refractivity contribution is 0.0994. The lowest BCUT2D eigenvalue weighted by atomic mass is 10.00. The van der Waals surface area contributed by atoms with Crippen LogP contribution >= 0.6 is 0 Å². The van der Waals surface area contributed by atoms with E-state index in [1.54, 1.807) is 18.2 Å². The Morgan fingerprint density at radius 3 is 2.56 bits per heavy atom. The lowest BCUT2D eigenvalue weighted by Gasteiger charge is -2.06. The molecule has 1 nitrogen and oxygen atoms in total. The minimum absolute atomic E-state index is 0.122. The van der Waals surface area contributed by atoms with E-state index in [1.807, 2.05) is 0 Å². The van der Waals surface area contributed by atoms with Crippen LogP contribution in [-0.2, 0) is 6.42 Å². The van der Waals surface area contributed by atoms with Crippen molar-refractivity contribution in [3.05, 3.63) is 59.2 Å². The van der Waals surface area contributed by atoms with Crippen LogP contribution in [0.15, 0.2) is 36.4 Å². The van der Waals surface area contributed by atoms with E-state index in [0.29, 0.717) is 24.0 Å². The van der Waals surface area contributed by atoms with Crippen molar-refractivity contribution >= 4 is 5.78 Å². The van der Waals surface area contributed by atoms with Gasteiger partial charge in [-0.3, -0.25) is 4.79 Å². The zero-order valence-corrected chi connectivity index (χ0v) is 9.54. The van der Waals surface area contributed by atoms with Crippen molar-refractivity contribution in [3.63, 3.8) is 0 Å². The Kier molecular flexibility index (Phi) is 2.47. The van der Waals surface area contributed by atoms with Crippen LogP contribution in [-0.4, -0.2) is 5.78 Å². The van der Waals surface area contributed by atoms with Crippen molar-refractivity contribution < 1.29 is 13.6 Å². The number of Topliss-reactive ketones (excluding diaryl/α,β-unsaturated/α-hetero) is 1.